The molecule has 0 saturated heterocycles. The molecule has 2 heterocycles. The van der Waals surface area contributed by atoms with E-state index in [0.717, 1.165) is 33.8 Å². The Morgan fingerprint density at radius 1 is 0.378 bits per heavy atom. The first-order chi connectivity index (χ1) is 18.3. The summed E-state index contributed by atoms with van der Waals surface area (Å²) in [6.45, 7) is 0. The normalized spacial score (nSPS) is 11.2. The summed E-state index contributed by atoms with van der Waals surface area (Å²) >= 11 is 0. The molecule has 0 bridgehead atoms. The van der Waals surface area contributed by atoms with Crippen molar-refractivity contribution in [2.24, 2.45) is 0 Å². The van der Waals surface area contributed by atoms with Crippen LogP contribution in [0, 0.1) is 0 Å². The fourth-order valence-electron chi connectivity index (χ4n) is 5.21. The largest absolute Gasteiger partial charge is 0.309 e. The van der Waals surface area contributed by atoms with Gasteiger partial charge in [0.1, 0.15) is 0 Å². The van der Waals surface area contributed by atoms with Crippen LogP contribution >= 0.6 is 0 Å². The SMILES string of the molecule is c1ccc(-c2cc(-c3ccccc3)nc(-c3ccc(-n4c5ccccc5c5ccccc54)cc3)c2)cc1. The Bertz CT molecular complexity index is 1740. The number of benzene rings is 5. The van der Waals surface area contributed by atoms with E-state index in [1.807, 2.05) is 6.07 Å². The average molecular weight is 473 g/mol. The molecular formula is C35H24N2. The van der Waals surface area contributed by atoms with Crippen molar-refractivity contribution < 1.29 is 0 Å². The minimum atomic E-state index is 0.967. The number of fused-ring (bicyclic) bond motifs is 3. The summed E-state index contributed by atoms with van der Waals surface area (Å²) in [5, 5.41) is 2.54. The number of hydrogen-bond donors (Lipinski definition) is 0. The number of pyridine rings is 1. The molecule has 7 rings (SSSR count). The Morgan fingerprint density at radius 3 is 1.41 bits per heavy atom. The van der Waals surface area contributed by atoms with Crippen molar-refractivity contribution in [3.8, 4) is 39.3 Å². The van der Waals surface area contributed by atoms with Gasteiger partial charge >= 0.3 is 0 Å². The minimum Gasteiger partial charge on any atom is -0.309 e. The first kappa shape index (κ1) is 21.3. The Kier molecular flexibility index (Phi) is 5.15. The number of rotatable bonds is 4. The molecule has 0 atom stereocenters. The van der Waals surface area contributed by atoms with Crippen molar-refractivity contribution in [2.75, 3.05) is 0 Å². The molecule has 0 saturated carbocycles. The van der Waals surface area contributed by atoms with Crippen LogP contribution in [0.5, 0.6) is 0 Å². The fraction of sp³-hybridized carbons (Fsp3) is 0. The molecule has 5 aromatic carbocycles. The van der Waals surface area contributed by atoms with Crippen LogP contribution in [0.4, 0.5) is 0 Å². The van der Waals surface area contributed by atoms with Crippen molar-refractivity contribution in [2.45, 2.75) is 0 Å². The number of aromatic nitrogens is 2. The first-order valence-electron chi connectivity index (χ1n) is 12.6. The van der Waals surface area contributed by atoms with Crippen LogP contribution in [0.25, 0.3) is 61.1 Å². The molecule has 0 unspecified atom stereocenters. The zero-order chi connectivity index (χ0) is 24.6. The van der Waals surface area contributed by atoms with Crippen LogP contribution in [0.2, 0.25) is 0 Å². The molecule has 0 amide bonds. The topological polar surface area (TPSA) is 17.8 Å². The quantitative estimate of drug-likeness (QED) is 0.250. The van der Waals surface area contributed by atoms with Crippen LogP contribution in [-0.2, 0) is 0 Å². The van der Waals surface area contributed by atoms with Gasteiger partial charge in [-0.05, 0) is 47.5 Å². The van der Waals surface area contributed by atoms with Crippen LogP contribution in [0.3, 0.4) is 0 Å². The van der Waals surface area contributed by atoms with Crippen molar-refractivity contribution in [3.63, 3.8) is 0 Å². The average Bonchev–Trinajstić information content (AvgIpc) is 3.32. The highest BCUT2D eigenvalue weighted by molar-refractivity contribution is 6.09. The molecule has 0 aliphatic rings. The molecule has 0 N–H and O–H groups in total. The van der Waals surface area contributed by atoms with Gasteiger partial charge in [-0.25, -0.2) is 4.98 Å². The minimum absolute atomic E-state index is 0.967. The molecule has 0 aliphatic heterocycles. The van der Waals surface area contributed by atoms with E-state index < -0.39 is 0 Å². The van der Waals surface area contributed by atoms with Crippen molar-refractivity contribution in [1.29, 1.82) is 0 Å². The van der Waals surface area contributed by atoms with Gasteiger partial charge in [-0.3, -0.25) is 0 Å². The van der Waals surface area contributed by atoms with Crippen molar-refractivity contribution in [3.05, 3.63) is 146 Å². The van der Waals surface area contributed by atoms with Crippen LogP contribution in [-0.4, -0.2) is 9.55 Å². The smallest absolute Gasteiger partial charge is 0.0715 e. The Hall–Kier alpha value is -4.95. The van der Waals surface area contributed by atoms with E-state index in [2.05, 4.69) is 144 Å². The molecule has 0 aliphatic carbocycles. The van der Waals surface area contributed by atoms with Gasteiger partial charge in [0.15, 0.2) is 0 Å². The van der Waals surface area contributed by atoms with E-state index >= 15 is 0 Å². The van der Waals surface area contributed by atoms with E-state index in [4.69, 9.17) is 4.98 Å². The third kappa shape index (κ3) is 3.80. The summed E-state index contributed by atoms with van der Waals surface area (Å²) in [6, 6.07) is 51.3. The second-order valence-electron chi connectivity index (χ2n) is 9.27. The lowest BCUT2D eigenvalue weighted by atomic mass is 10.00. The molecule has 7 aromatic rings. The van der Waals surface area contributed by atoms with Crippen LogP contribution in [0.1, 0.15) is 0 Å². The summed E-state index contributed by atoms with van der Waals surface area (Å²) < 4.78 is 2.34. The molecule has 0 spiro atoms. The molecule has 2 nitrogen and oxygen atoms in total. The highest BCUT2D eigenvalue weighted by Crippen LogP contribution is 2.34. The Morgan fingerprint density at radius 2 is 0.838 bits per heavy atom. The highest BCUT2D eigenvalue weighted by atomic mass is 15.0. The second kappa shape index (κ2) is 8.92. The van der Waals surface area contributed by atoms with E-state index in [0.29, 0.717) is 0 Å². The summed E-state index contributed by atoms with van der Waals surface area (Å²) in [7, 11) is 0. The predicted molar refractivity (Wildman–Crippen MR) is 155 cm³/mol. The summed E-state index contributed by atoms with van der Waals surface area (Å²) in [4.78, 5) is 5.08. The maximum Gasteiger partial charge on any atom is 0.0715 e. The van der Waals surface area contributed by atoms with Crippen LogP contribution < -0.4 is 0 Å². The highest BCUT2D eigenvalue weighted by Gasteiger charge is 2.13. The molecule has 174 valence electrons. The van der Waals surface area contributed by atoms with Crippen LogP contribution in [0.15, 0.2) is 146 Å². The lowest BCUT2D eigenvalue weighted by molar-refractivity contribution is 1.18. The van der Waals surface area contributed by atoms with Crippen molar-refractivity contribution in [1.82, 2.24) is 9.55 Å². The van der Waals surface area contributed by atoms with Gasteiger partial charge < -0.3 is 4.57 Å². The monoisotopic (exact) mass is 472 g/mol. The van der Waals surface area contributed by atoms with Gasteiger partial charge in [0.25, 0.3) is 0 Å². The van der Waals surface area contributed by atoms with Gasteiger partial charge in [-0.2, -0.15) is 0 Å². The van der Waals surface area contributed by atoms with E-state index in [1.54, 1.807) is 0 Å². The molecule has 37 heavy (non-hydrogen) atoms. The Labute approximate surface area is 216 Å². The molecule has 0 fully saturated rings. The van der Waals surface area contributed by atoms with Gasteiger partial charge in [0.2, 0.25) is 0 Å². The molecular weight excluding hydrogens is 448 g/mol. The van der Waals surface area contributed by atoms with Crippen molar-refractivity contribution >= 4 is 21.8 Å². The van der Waals surface area contributed by atoms with Gasteiger partial charge in [0.05, 0.1) is 22.4 Å². The third-order valence-corrected chi connectivity index (χ3v) is 7.00. The zero-order valence-corrected chi connectivity index (χ0v) is 20.3. The van der Waals surface area contributed by atoms with Gasteiger partial charge in [-0.1, -0.05) is 109 Å². The Balaban J connectivity index is 1.37. The third-order valence-electron chi connectivity index (χ3n) is 7.00. The molecule has 0 radical (unpaired) electrons. The van der Waals surface area contributed by atoms with E-state index in [9.17, 15) is 0 Å². The fourth-order valence-corrected chi connectivity index (χ4v) is 5.21. The predicted octanol–water partition coefficient (Wildman–Crippen LogP) is 9.18. The first-order valence-corrected chi connectivity index (χ1v) is 12.6. The summed E-state index contributed by atoms with van der Waals surface area (Å²) in [5.41, 5.74) is 10.1. The lowest BCUT2D eigenvalue weighted by Gasteiger charge is -2.12. The number of nitrogens with zero attached hydrogens (tertiary/aromatic N) is 2. The molecule has 2 aromatic heterocycles. The van der Waals surface area contributed by atoms with E-state index in [1.165, 1.54) is 27.4 Å². The number of para-hydroxylation sites is 2. The van der Waals surface area contributed by atoms with Gasteiger partial charge in [0, 0.05) is 27.6 Å². The standard InChI is InChI=1S/C35H24N2/c1-3-11-25(12-4-1)28-23-32(26-13-5-2-6-14-26)36-33(24-28)27-19-21-29(22-20-27)37-34-17-9-7-15-30(34)31-16-8-10-18-35(31)37/h1-24H. The second-order valence-corrected chi connectivity index (χ2v) is 9.27. The van der Waals surface area contributed by atoms with E-state index in [-0.39, 0.29) is 0 Å². The maximum absolute atomic E-state index is 5.08. The molecule has 2 heteroatoms. The maximum atomic E-state index is 5.08. The summed E-state index contributed by atoms with van der Waals surface area (Å²) in [5.74, 6) is 0. The van der Waals surface area contributed by atoms with Gasteiger partial charge in [-0.15, -0.1) is 0 Å². The zero-order valence-electron chi connectivity index (χ0n) is 20.3. The lowest BCUT2D eigenvalue weighted by Crippen LogP contribution is -1.95. The number of hydrogen-bond acceptors (Lipinski definition) is 1. The summed E-state index contributed by atoms with van der Waals surface area (Å²) in [6.07, 6.45) is 0.